The number of carbonyl (C=O) groups excluding carboxylic acids is 2. The van der Waals surface area contributed by atoms with Crippen LogP contribution in [0.3, 0.4) is 0 Å². The minimum absolute atomic E-state index is 0.0542. The van der Waals surface area contributed by atoms with Gasteiger partial charge in [0.2, 0.25) is 5.91 Å². The third-order valence-corrected chi connectivity index (χ3v) is 6.20. The third kappa shape index (κ3) is 4.84. The van der Waals surface area contributed by atoms with Gasteiger partial charge in [0.05, 0.1) is 26.9 Å². The van der Waals surface area contributed by atoms with Crippen molar-refractivity contribution < 1.29 is 23.8 Å². The van der Waals surface area contributed by atoms with Crippen molar-refractivity contribution in [2.24, 2.45) is 0 Å². The van der Waals surface area contributed by atoms with Gasteiger partial charge >= 0.3 is 6.03 Å². The maximum absolute atomic E-state index is 13.0. The molecule has 0 saturated carbocycles. The SMILES string of the molecule is CCCCOc1ccc(NC(=O)N2CC(=O)N3CCc4cc(OC)c(OC)cc4[C@H]3C2)cc1. The Kier molecular flexibility index (Phi) is 6.91. The average Bonchev–Trinajstić information content (AvgIpc) is 2.84. The van der Waals surface area contributed by atoms with Crippen LogP contribution in [-0.2, 0) is 11.2 Å². The molecule has 3 amide bonds. The maximum atomic E-state index is 13.0. The van der Waals surface area contributed by atoms with Crippen molar-refractivity contribution in [1.29, 1.82) is 0 Å². The first kappa shape index (κ1) is 22.8. The minimum atomic E-state index is -0.296. The molecule has 0 unspecified atom stereocenters. The van der Waals surface area contributed by atoms with Gasteiger partial charge in [-0.15, -0.1) is 0 Å². The Bertz CT molecular complexity index is 1010. The van der Waals surface area contributed by atoms with E-state index in [0.717, 1.165) is 36.1 Å². The number of benzene rings is 2. The minimum Gasteiger partial charge on any atom is -0.494 e. The Balaban J connectivity index is 1.47. The zero-order valence-corrected chi connectivity index (χ0v) is 19.4. The Morgan fingerprint density at radius 1 is 1.12 bits per heavy atom. The summed E-state index contributed by atoms with van der Waals surface area (Å²) in [6.07, 6.45) is 2.82. The number of nitrogens with zero attached hydrogens (tertiary/aromatic N) is 2. The molecule has 0 aromatic heterocycles. The number of carbonyl (C=O) groups is 2. The number of piperazine rings is 1. The summed E-state index contributed by atoms with van der Waals surface area (Å²) in [4.78, 5) is 29.3. The number of methoxy groups -OCH3 is 2. The molecule has 2 aliphatic rings. The van der Waals surface area contributed by atoms with Crippen LogP contribution in [0.2, 0.25) is 0 Å². The number of unbranched alkanes of at least 4 members (excludes halogenated alkanes) is 1. The maximum Gasteiger partial charge on any atom is 0.322 e. The molecule has 1 saturated heterocycles. The van der Waals surface area contributed by atoms with Crippen molar-refractivity contribution in [2.45, 2.75) is 32.2 Å². The number of hydrogen-bond donors (Lipinski definition) is 1. The van der Waals surface area contributed by atoms with Gasteiger partial charge in [0.15, 0.2) is 11.5 Å². The van der Waals surface area contributed by atoms with Gasteiger partial charge in [-0.2, -0.15) is 0 Å². The Morgan fingerprint density at radius 3 is 2.55 bits per heavy atom. The summed E-state index contributed by atoms with van der Waals surface area (Å²) in [5.41, 5.74) is 2.77. The average molecular weight is 454 g/mol. The van der Waals surface area contributed by atoms with Gasteiger partial charge in [0.1, 0.15) is 12.3 Å². The predicted molar refractivity (Wildman–Crippen MR) is 125 cm³/mol. The summed E-state index contributed by atoms with van der Waals surface area (Å²) in [5.74, 6) is 2.01. The van der Waals surface area contributed by atoms with Crippen LogP contribution in [0.5, 0.6) is 17.2 Å². The first-order valence-corrected chi connectivity index (χ1v) is 11.4. The summed E-state index contributed by atoms with van der Waals surface area (Å²) in [6.45, 7) is 3.89. The van der Waals surface area contributed by atoms with Crippen LogP contribution in [0.1, 0.15) is 36.9 Å². The van der Waals surface area contributed by atoms with Crippen LogP contribution >= 0.6 is 0 Å². The zero-order valence-electron chi connectivity index (χ0n) is 19.4. The van der Waals surface area contributed by atoms with E-state index in [9.17, 15) is 9.59 Å². The summed E-state index contributed by atoms with van der Waals surface area (Å²) in [5, 5.41) is 2.90. The lowest BCUT2D eigenvalue weighted by molar-refractivity contribution is -0.139. The summed E-state index contributed by atoms with van der Waals surface area (Å²) in [6, 6.07) is 10.7. The number of amides is 3. The molecule has 8 heteroatoms. The van der Waals surface area contributed by atoms with E-state index < -0.39 is 0 Å². The molecule has 0 spiro atoms. The number of nitrogens with one attached hydrogen (secondary N) is 1. The molecule has 1 atom stereocenters. The number of fused-ring (bicyclic) bond motifs is 3. The van der Waals surface area contributed by atoms with Crippen molar-refractivity contribution in [3.63, 3.8) is 0 Å². The second kappa shape index (κ2) is 10.0. The third-order valence-electron chi connectivity index (χ3n) is 6.20. The fourth-order valence-corrected chi connectivity index (χ4v) is 4.38. The van der Waals surface area contributed by atoms with E-state index in [1.54, 1.807) is 19.1 Å². The van der Waals surface area contributed by atoms with Crippen molar-refractivity contribution in [3.8, 4) is 17.2 Å². The fourth-order valence-electron chi connectivity index (χ4n) is 4.38. The van der Waals surface area contributed by atoms with Gasteiger partial charge in [0.25, 0.3) is 0 Å². The Hall–Kier alpha value is -3.42. The smallest absolute Gasteiger partial charge is 0.322 e. The summed E-state index contributed by atoms with van der Waals surface area (Å²) < 4.78 is 16.6. The first-order valence-electron chi connectivity index (χ1n) is 11.4. The number of urea groups is 1. The summed E-state index contributed by atoms with van der Waals surface area (Å²) >= 11 is 0. The van der Waals surface area contributed by atoms with E-state index >= 15 is 0 Å². The Labute approximate surface area is 194 Å². The molecule has 0 bridgehead atoms. The second-order valence-corrected chi connectivity index (χ2v) is 8.30. The molecule has 0 radical (unpaired) electrons. The second-order valence-electron chi connectivity index (χ2n) is 8.30. The molecule has 2 heterocycles. The molecule has 0 aliphatic carbocycles. The largest absolute Gasteiger partial charge is 0.494 e. The van der Waals surface area contributed by atoms with E-state index in [0.29, 0.717) is 36.9 Å². The number of anilines is 1. The van der Waals surface area contributed by atoms with Crippen LogP contribution < -0.4 is 19.5 Å². The van der Waals surface area contributed by atoms with Crippen LogP contribution in [0.4, 0.5) is 10.5 Å². The molecule has 2 aromatic rings. The van der Waals surface area contributed by atoms with Crippen LogP contribution in [0, 0.1) is 0 Å². The standard InChI is InChI=1S/C25H31N3O5/c1-4-5-12-33-19-8-6-18(7-9-19)26-25(30)27-15-21-20-14-23(32-3)22(31-2)13-17(20)10-11-28(21)24(29)16-27/h6-9,13-14,21H,4-5,10-12,15-16H2,1-3H3,(H,26,30)/t21-/m1/s1. The highest BCUT2D eigenvalue weighted by Crippen LogP contribution is 2.39. The molecule has 33 heavy (non-hydrogen) atoms. The first-order chi connectivity index (χ1) is 16.0. The molecular formula is C25H31N3O5. The number of rotatable bonds is 7. The van der Waals surface area contributed by atoms with Gasteiger partial charge < -0.3 is 29.3 Å². The van der Waals surface area contributed by atoms with Crippen LogP contribution in [0.15, 0.2) is 36.4 Å². The lowest BCUT2D eigenvalue weighted by atomic mass is 9.90. The van der Waals surface area contributed by atoms with Gasteiger partial charge in [-0.25, -0.2) is 4.79 Å². The van der Waals surface area contributed by atoms with Gasteiger partial charge in [-0.1, -0.05) is 13.3 Å². The fraction of sp³-hybridized carbons (Fsp3) is 0.440. The van der Waals surface area contributed by atoms with E-state index in [-0.39, 0.29) is 24.5 Å². The molecule has 8 nitrogen and oxygen atoms in total. The van der Waals surface area contributed by atoms with Crippen molar-refractivity contribution in [1.82, 2.24) is 9.80 Å². The normalized spacial score (nSPS) is 17.2. The molecule has 4 rings (SSSR count). The van der Waals surface area contributed by atoms with E-state index in [4.69, 9.17) is 14.2 Å². The van der Waals surface area contributed by atoms with E-state index in [2.05, 4.69) is 12.2 Å². The predicted octanol–water partition coefficient (Wildman–Crippen LogP) is 3.86. The summed E-state index contributed by atoms with van der Waals surface area (Å²) in [7, 11) is 3.20. The van der Waals surface area contributed by atoms with E-state index in [1.165, 1.54) is 0 Å². The molecule has 1 fully saturated rings. The highest BCUT2D eigenvalue weighted by Gasteiger charge is 2.39. The van der Waals surface area contributed by atoms with Crippen molar-refractivity contribution in [2.75, 3.05) is 45.8 Å². The van der Waals surface area contributed by atoms with E-state index in [1.807, 2.05) is 41.3 Å². The lowest BCUT2D eigenvalue weighted by Gasteiger charge is -2.44. The molecule has 2 aliphatic heterocycles. The Morgan fingerprint density at radius 2 is 1.85 bits per heavy atom. The molecule has 176 valence electrons. The lowest BCUT2D eigenvalue weighted by Crippen LogP contribution is -2.56. The monoisotopic (exact) mass is 453 g/mol. The zero-order chi connectivity index (χ0) is 23.4. The van der Waals surface area contributed by atoms with Crippen LogP contribution in [-0.4, -0.2) is 62.2 Å². The number of ether oxygens (including phenoxy) is 3. The van der Waals surface area contributed by atoms with Gasteiger partial charge in [0, 0.05) is 18.8 Å². The quantitative estimate of drug-likeness (QED) is 0.644. The van der Waals surface area contributed by atoms with Crippen molar-refractivity contribution in [3.05, 3.63) is 47.5 Å². The van der Waals surface area contributed by atoms with Gasteiger partial charge in [-0.3, -0.25) is 4.79 Å². The highest BCUT2D eigenvalue weighted by atomic mass is 16.5. The van der Waals surface area contributed by atoms with Crippen LogP contribution in [0.25, 0.3) is 0 Å². The molecular weight excluding hydrogens is 422 g/mol. The molecule has 2 aromatic carbocycles. The van der Waals surface area contributed by atoms with Gasteiger partial charge in [-0.05, 0) is 60.4 Å². The number of hydrogen-bond acceptors (Lipinski definition) is 5. The molecule has 1 N–H and O–H groups in total. The highest BCUT2D eigenvalue weighted by molar-refractivity contribution is 5.93. The van der Waals surface area contributed by atoms with Crippen molar-refractivity contribution >= 4 is 17.6 Å². The topological polar surface area (TPSA) is 80.3 Å².